The molecular weight excluding hydrogens is 408 g/mol. The number of anilines is 1. The first-order chi connectivity index (χ1) is 14.0. The van der Waals surface area contributed by atoms with Gasteiger partial charge >= 0.3 is 0 Å². The lowest BCUT2D eigenvalue weighted by Crippen LogP contribution is -2.15. The molecule has 0 saturated carbocycles. The molecule has 2 aromatic carbocycles. The predicted octanol–water partition coefficient (Wildman–Crippen LogP) is 4.90. The number of carbonyl (C=O) groups is 1. The van der Waals surface area contributed by atoms with Crippen molar-refractivity contribution in [2.24, 2.45) is 7.05 Å². The summed E-state index contributed by atoms with van der Waals surface area (Å²) >= 11 is 7.38. The van der Waals surface area contributed by atoms with Gasteiger partial charge in [0.1, 0.15) is 5.75 Å². The largest absolute Gasteiger partial charge is 0.483 e. The van der Waals surface area contributed by atoms with Crippen LogP contribution in [-0.4, -0.2) is 26.4 Å². The summed E-state index contributed by atoms with van der Waals surface area (Å²) in [4.78, 5) is 12.2. The number of nitrogens with zero attached hydrogens (tertiary/aromatic N) is 3. The van der Waals surface area contributed by atoms with Crippen molar-refractivity contribution in [3.8, 4) is 5.75 Å². The van der Waals surface area contributed by atoms with Gasteiger partial charge in [-0.3, -0.25) is 4.79 Å². The van der Waals surface area contributed by atoms with Crippen LogP contribution in [0.25, 0.3) is 0 Å². The molecule has 1 aromatic heterocycles. The van der Waals surface area contributed by atoms with Crippen molar-refractivity contribution in [3.63, 3.8) is 0 Å². The Morgan fingerprint density at radius 3 is 2.62 bits per heavy atom. The zero-order chi connectivity index (χ0) is 20.8. The summed E-state index contributed by atoms with van der Waals surface area (Å²) in [5.74, 6) is 1.52. The van der Waals surface area contributed by atoms with E-state index in [2.05, 4.69) is 34.6 Å². The lowest BCUT2D eigenvalue weighted by molar-refractivity contribution is -0.113. The zero-order valence-electron chi connectivity index (χ0n) is 16.6. The van der Waals surface area contributed by atoms with E-state index in [-0.39, 0.29) is 17.8 Å². The van der Waals surface area contributed by atoms with Gasteiger partial charge in [-0.1, -0.05) is 54.6 Å². The molecule has 0 aliphatic heterocycles. The van der Waals surface area contributed by atoms with E-state index in [1.54, 1.807) is 12.1 Å². The zero-order valence-corrected chi connectivity index (χ0v) is 18.1. The Labute approximate surface area is 179 Å². The second-order valence-electron chi connectivity index (χ2n) is 6.47. The Hall–Kier alpha value is -2.51. The van der Waals surface area contributed by atoms with Crippen LogP contribution in [0.4, 0.5) is 5.69 Å². The number of hydrogen-bond donors (Lipinski definition) is 1. The van der Waals surface area contributed by atoms with Crippen LogP contribution in [0.1, 0.15) is 31.3 Å². The van der Waals surface area contributed by atoms with Gasteiger partial charge in [0.2, 0.25) is 5.91 Å². The number of para-hydroxylation sites is 1. The first-order valence-electron chi connectivity index (χ1n) is 9.30. The standard InChI is InChI=1S/C21H23ClN4O2S/c1-4-15-9-11-16(12-10-15)28-14(2)20-24-25-21(26(20)3)29-13-19(27)23-18-8-6-5-7-17(18)22/h5-12,14H,4,13H2,1-3H3,(H,23,27)/t14-/m1/s1. The van der Waals surface area contributed by atoms with Crippen LogP contribution in [0.2, 0.25) is 5.02 Å². The molecule has 6 nitrogen and oxygen atoms in total. The Morgan fingerprint density at radius 1 is 1.21 bits per heavy atom. The third kappa shape index (κ3) is 5.52. The van der Waals surface area contributed by atoms with Crippen molar-refractivity contribution in [1.29, 1.82) is 0 Å². The highest BCUT2D eigenvalue weighted by molar-refractivity contribution is 7.99. The summed E-state index contributed by atoms with van der Waals surface area (Å²) < 4.78 is 7.83. The summed E-state index contributed by atoms with van der Waals surface area (Å²) in [7, 11) is 1.86. The van der Waals surface area contributed by atoms with Gasteiger partial charge in [0.05, 0.1) is 16.5 Å². The first kappa shape index (κ1) is 21.2. The minimum atomic E-state index is -0.272. The normalized spacial score (nSPS) is 11.9. The number of rotatable bonds is 8. The van der Waals surface area contributed by atoms with Crippen LogP contribution in [-0.2, 0) is 18.3 Å². The topological polar surface area (TPSA) is 69.0 Å². The molecule has 152 valence electrons. The van der Waals surface area contributed by atoms with Gasteiger partial charge in [-0.25, -0.2) is 0 Å². The number of thioether (sulfide) groups is 1. The molecular formula is C21H23ClN4O2S. The predicted molar refractivity (Wildman–Crippen MR) is 117 cm³/mol. The number of aryl methyl sites for hydroxylation is 1. The molecule has 8 heteroatoms. The van der Waals surface area contributed by atoms with Crippen molar-refractivity contribution in [2.75, 3.05) is 11.1 Å². The smallest absolute Gasteiger partial charge is 0.234 e. The molecule has 1 amide bonds. The van der Waals surface area contributed by atoms with Gasteiger partial charge in [-0.15, -0.1) is 10.2 Å². The maximum atomic E-state index is 12.2. The van der Waals surface area contributed by atoms with E-state index in [0.29, 0.717) is 21.7 Å². The average molecular weight is 431 g/mol. The quantitative estimate of drug-likeness (QED) is 0.514. The molecule has 29 heavy (non-hydrogen) atoms. The highest BCUT2D eigenvalue weighted by Crippen LogP contribution is 2.25. The second kappa shape index (κ2) is 9.80. The molecule has 3 rings (SSSR count). The molecule has 0 radical (unpaired) electrons. The number of nitrogens with one attached hydrogen (secondary N) is 1. The Morgan fingerprint density at radius 2 is 1.93 bits per heavy atom. The van der Waals surface area contributed by atoms with Crippen molar-refractivity contribution in [1.82, 2.24) is 14.8 Å². The minimum absolute atomic E-state index is 0.159. The van der Waals surface area contributed by atoms with Crippen LogP contribution in [0.3, 0.4) is 0 Å². The van der Waals surface area contributed by atoms with Gasteiger partial charge in [-0.05, 0) is 43.2 Å². The third-order valence-electron chi connectivity index (χ3n) is 4.36. The van der Waals surface area contributed by atoms with Gasteiger partial charge in [0, 0.05) is 7.05 Å². The fourth-order valence-corrected chi connectivity index (χ4v) is 3.65. The molecule has 0 spiro atoms. The van der Waals surface area contributed by atoms with Crippen LogP contribution < -0.4 is 10.1 Å². The van der Waals surface area contributed by atoms with E-state index in [9.17, 15) is 4.79 Å². The van der Waals surface area contributed by atoms with Gasteiger partial charge in [0.15, 0.2) is 17.1 Å². The number of amides is 1. The number of ether oxygens (including phenoxy) is 1. The molecule has 0 aliphatic carbocycles. The number of benzene rings is 2. The van der Waals surface area contributed by atoms with Crippen molar-refractivity contribution in [2.45, 2.75) is 31.5 Å². The molecule has 0 bridgehead atoms. The molecule has 0 aliphatic rings. The van der Waals surface area contributed by atoms with Crippen molar-refractivity contribution < 1.29 is 9.53 Å². The summed E-state index contributed by atoms with van der Waals surface area (Å²) in [6.07, 6.45) is 0.718. The van der Waals surface area contributed by atoms with E-state index in [1.165, 1.54) is 17.3 Å². The summed E-state index contributed by atoms with van der Waals surface area (Å²) in [5.41, 5.74) is 1.85. The highest BCUT2D eigenvalue weighted by atomic mass is 35.5. The Bertz CT molecular complexity index is 975. The van der Waals surface area contributed by atoms with Crippen LogP contribution in [0.5, 0.6) is 5.75 Å². The second-order valence-corrected chi connectivity index (χ2v) is 7.82. The first-order valence-corrected chi connectivity index (χ1v) is 10.7. The number of carbonyl (C=O) groups excluding carboxylic acids is 1. The average Bonchev–Trinajstić information content (AvgIpc) is 3.09. The van der Waals surface area contributed by atoms with Crippen LogP contribution >= 0.6 is 23.4 Å². The van der Waals surface area contributed by atoms with Crippen LogP contribution in [0, 0.1) is 0 Å². The van der Waals surface area contributed by atoms with Gasteiger partial charge < -0.3 is 14.6 Å². The lowest BCUT2D eigenvalue weighted by Gasteiger charge is -2.14. The number of aromatic nitrogens is 3. The van der Waals surface area contributed by atoms with E-state index >= 15 is 0 Å². The monoisotopic (exact) mass is 430 g/mol. The fourth-order valence-electron chi connectivity index (χ4n) is 2.75. The van der Waals surface area contributed by atoms with E-state index < -0.39 is 0 Å². The van der Waals surface area contributed by atoms with E-state index in [1.807, 2.05) is 42.8 Å². The Balaban J connectivity index is 1.58. The summed E-state index contributed by atoms with van der Waals surface area (Å²) in [6.45, 7) is 4.04. The van der Waals surface area contributed by atoms with Gasteiger partial charge in [0.25, 0.3) is 0 Å². The molecule has 1 N–H and O–H groups in total. The molecule has 0 fully saturated rings. The lowest BCUT2D eigenvalue weighted by atomic mass is 10.2. The molecule has 1 atom stereocenters. The third-order valence-corrected chi connectivity index (χ3v) is 5.71. The fraction of sp³-hybridized carbons (Fsp3) is 0.286. The summed E-state index contributed by atoms with van der Waals surface area (Å²) in [6, 6.07) is 15.2. The summed E-state index contributed by atoms with van der Waals surface area (Å²) in [5, 5.41) is 12.4. The molecule has 0 unspecified atom stereocenters. The molecule has 1 heterocycles. The maximum absolute atomic E-state index is 12.2. The van der Waals surface area contributed by atoms with E-state index in [0.717, 1.165) is 12.2 Å². The SMILES string of the molecule is CCc1ccc(O[C@H](C)c2nnc(SCC(=O)Nc3ccccc3Cl)n2C)cc1. The highest BCUT2D eigenvalue weighted by Gasteiger charge is 2.18. The van der Waals surface area contributed by atoms with E-state index in [4.69, 9.17) is 16.3 Å². The maximum Gasteiger partial charge on any atom is 0.234 e. The van der Waals surface area contributed by atoms with Crippen molar-refractivity contribution >= 4 is 35.0 Å². The minimum Gasteiger partial charge on any atom is -0.483 e. The van der Waals surface area contributed by atoms with Gasteiger partial charge in [-0.2, -0.15) is 0 Å². The van der Waals surface area contributed by atoms with Crippen LogP contribution in [0.15, 0.2) is 53.7 Å². The number of halogens is 1. The van der Waals surface area contributed by atoms with Crippen molar-refractivity contribution in [3.05, 3.63) is 64.9 Å². The molecule has 0 saturated heterocycles. The Kier molecular flexibility index (Phi) is 7.17. The molecule has 3 aromatic rings. The number of hydrogen-bond acceptors (Lipinski definition) is 5.